The van der Waals surface area contributed by atoms with Gasteiger partial charge in [-0.3, -0.25) is 4.79 Å². The summed E-state index contributed by atoms with van der Waals surface area (Å²) in [6, 6.07) is 6.57. The lowest BCUT2D eigenvalue weighted by molar-refractivity contribution is -0.132. The number of halogens is 1. The molecule has 1 saturated heterocycles. The molecule has 0 bridgehead atoms. The summed E-state index contributed by atoms with van der Waals surface area (Å²) in [6.45, 7) is 9.54. The van der Waals surface area contributed by atoms with Crippen molar-refractivity contribution in [3.63, 3.8) is 0 Å². The van der Waals surface area contributed by atoms with E-state index in [-0.39, 0.29) is 11.7 Å². The number of aromatic nitrogens is 2. The van der Waals surface area contributed by atoms with Gasteiger partial charge in [-0.1, -0.05) is 32.3 Å². The van der Waals surface area contributed by atoms with Crippen molar-refractivity contribution < 1.29 is 13.9 Å². The van der Waals surface area contributed by atoms with Crippen molar-refractivity contribution in [3.05, 3.63) is 41.3 Å². The molecule has 8 heteroatoms. The van der Waals surface area contributed by atoms with E-state index in [1.54, 1.807) is 13.2 Å². The lowest BCUT2D eigenvalue weighted by Gasteiger charge is -2.35. The molecule has 0 saturated carbocycles. The second kappa shape index (κ2) is 13.6. The summed E-state index contributed by atoms with van der Waals surface area (Å²) in [5.74, 6) is 0.862. The first-order valence-corrected chi connectivity index (χ1v) is 13.0. The average Bonchev–Trinajstić information content (AvgIpc) is 3.17. The molecule has 35 heavy (non-hydrogen) atoms. The largest absolute Gasteiger partial charge is 0.385 e. The summed E-state index contributed by atoms with van der Waals surface area (Å²) in [7, 11) is 3.82. The molecular weight excluding hydrogens is 445 g/mol. The fraction of sp³-hybridized carbons (Fsp3) is 0.630. The standard InChI is InChI=1S/C27H42FN5O2/c1-5-6-7-8-13-26(34)32(14-10-19-35-4)21-25-22(2)29-33(24-12-9-11-23(28)20-24)27(25)31-17-15-30(3)16-18-31/h9,11-12,20H,5-8,10,13-19,21H2,1-4H3. The van der Waals surface area contributed by atoms with Crippen LogP contribution in [0.4, 0.5) is 10.2 Å². The third-order valence-electron chi connectivity index (χ3n) is 6.74. The Hall–Kier alpha value is -2.45. The third-order valence-corrected chi connectivity index (χ3v) is 6.74. The molecule has 7 nitrogen and oxygen atoms in total. The van der Waals surface area contributed by atoms with Crippen molar-refractivity contribution in [1.82, 2.24) is 19.6 Å². The van der Waals surface area contributed by atoms with Crippen molar-refractivity contribution >= 4 is 11.7 Å². The molecule has 1 amide bonds. The van der Waals surface area contributed by atoms with E-state index in [0.717, 1.165) is 75.4 Å². The zero-order valence-electron chi connectivity index (χ0n) is 21.9. The topological polar surface area (TPSA) is 53.8 Å². The molecule has 0 atom stereocenters. The van der Waals surface area contributed by atoms with Gasteiger partial charge in [0.15, 0.2) is 0 Å². The third kappa shape index (κ3) is 7.51. The number of unbranched alkanes of at least 4 members (excludes halogenated alkanes) is 3. The Morgan fingerprint density at radius 2 is 1.91 bits per heavy atom. The van der Waals surface area contributed by atoms with E-state index in [2.05, 4.69) is 23.8 Å². The molecule has 1 aliphatic rings. The van der Waals surface area contributed by atoms with Gasteiger partial charge < -0.3 is 19.4 Å². The zero-order valence-corrected chi connectivity index (χ0v) is 21.9. The van der Waals surface area contributed by atoms with Crippen LogP contribution in [0.3, 0.4) is 0 Å². The number of ether oxygens (including phenoxy) is 1. The van der Waals surface area contributed by atoms with Gasteiger partial charge in [0.05, 0.1) is 17.9 Å². The Labute approximate surface area is 209 Å². The predicted molar refractivity (Wildman–Crippen MR) is 139 cm³/mol. The van der Waals surface area contributed by atoms with Gasteiger partial charge in [0, 0.05) is 58.4 Å². The second-order valence-electron chi connectivity index (χ2n) is 9.54. The van der Waals surface area contributed by atoms with E-state index >= 15 is 0 Å². The molecule has 194 valence electrons. The maximum absolute atomic E-state index is 14.1. The number of anilines is 1. The van der Waals surface area contributed by atoms with Gasteiger partial charge in [-0.15, -0.1) is 0 Å². The smallest absolute Gasteiger partial charge is 0.222 e. The fourth-order valence-electron chi connectivity index (χ4n) is 4.61. The summed E-state index contributed by atoms with van der Waals surface area (Å²) >= 11 is 0. The Balaban J connectivity index is 1.92. The van der Waals surface area contributed by atoms with Crippen molar-refractivity contribution in [3.8, 4) is 5.69 Å². The number of aryl methyl sites for hydroxylation is 1. The summed E-state index contributed by atoms with van der Waals surface area (Å²) in [4.78, 5) is 19.9. The molecule has 1 aromatic carbocycles. The highest BCUT2D eigenvalue weighted by Gasteiger charge is 2.27. The maximum atomic E-state index is 14.1. The van der Waals surface area contributed by atoms with Crippen LogP contribution in [0.25, 0.3) is 5.69 Å². The molecule has 0 aliphatic carbocycles. The summed E-state index contributed by atoms with van der Waals surface area (Å²) in [6.07, 6.45) is 5.66. The van der Waals surface area contributed by atoms with Crippen LogP contribution in [0.2, 0.25) is 0 Å². The van der Waals surface area contributed by atoms with Gasteiger partial charge in [-0.25, -0.2) is 9.07 Å². The Morgan fingerprint density at radius 1 is 1.14 bits per heavy atom. The minimum atomic E-state index is -0.287. The first-order valence-electron chi connectivity index (χ1n) is 13.0. The van der Waals surface area contributed by atoms with Gasteiger partial charge in [-0.05, 0) is 45.0 Å². The van der Waals surface area contributed by atoms with Crippen molar-refractivity contribution in [2.75, 3.05) is 58.4 Å². The zero-order chi connectivity index (χ0) is 25.2. The summed E-state index contributed by atoms with van der Waals surface area (Å²) in [5, 5.41) is 4.84. The second-order valence-corrected chi connectivity index (χ2v) is 9.54. The molecule has 0 N–H and O–H groups in total. The molecule has 3 rings (SSSR count). The van der Waals surface area contributed by atoms with Crippen molar-refractivity contribution in [2.24, 2.45) is 0 Å². The van der Waals surface area contributed by atoms with Gasteiger partial charge in [-0.2, -0.15) is 5.10 Å². The van der Waals surface area contributed by atoms with Crippen molar-refractivity contribution in [1.29, 1.82) is 0 Å². The number of piperazine rings is 1. The molecule has 1 aromatic heterocycles. The Bertz CT molecular complexity index is 940. The van der Waals surface area contributed by atoms with Gasteiger partial charge in [0.2, 0.25) is 5.91 Å². The highest BCUT2D eigenvalue weighted by atomic mass is 19.1. The van der Waals surface area contributed by atoms with Gasteiger partial charge in [0.1, 0.15) is 11.6 Å². The van der Waals surface area contributed by atoms with Crippen LogP contribution in [-0.4, -0.2) is 79.0 Å². The fourth-order valence-corrected chi connectivity index (χ4v) is 4.61. The van der Waals surface area contributed by atoms with Crippen LogP contribution in [0.15, 0.2) is 24.3 Å². The number of benzene rings is 1. The lowest BCUT2D eigenvalue weighted by atomic mass is 10.1. The normalized spacial score (nSPS) is 14.5. The lowest BCUT2D eigenvalue weighted by Crippen LogP contribution is -2.45. The van der Waals surface area contributed by atoms with Crippen LogP contribution in [-0.2, 0) is 16.1 Å². The van der Waals surface area contributed by atoms with Crippen molar-refractivity contribution in [2.45, 2.75) is 58.9 Å². The van der Waals surface area contributed by atoms with E-state index in [1.807, 2.05) is 22.6 Å². The first-order chi connectivity index (χ1) is 16.9. The van der Waals surface area contributed by atoms with Crippen LogP contribution in [0.1, 0.15) is 56.7 Å². The number of hydrogen-bond donors (Lipinski definition) is 0. The molecule has 1 aliphatic heterocycles. The molecule has 0 spiro atoms. The Kier molecular flexibility index (Phi) is 10.5. The number of likely N-dealkylation sites (N-methyl/N-ethyl adjacent to an activating group) is 1. The minimum Gasteiger partial charge on any atom is -0.385 e. The monoisotopic (exact) mass is 487 g/mol. The number of rotatable bonds is 13. The van der Waals surface area contributed by atoms with Gasteiger partial charge >= 0.3 is 0 Å². The van der Waals surface area contributed by atoms with Crippen LogP contribution >= 0.6 is 0 Å². The summed E-state index contributed by atoms with van der Waals surface area (Å²) < 4.78 is 21.2. The number of amides is 1. The van der Waals surface area contributed by atoms with E-state index in [9.17, 15) is 9.18 Å². The predicted octanol–water partition coefficient (Wildman–Crippen LogP) is 4.41. The van der Waals surface area contributed by atoms with E-state index in [1.165, 1.54) is 12.1 Å². The van der Waals surface area contributed by atoms with Crippen LogP contribution in [0.5, 0.6) is 0 Å². The molecule has 0 radical (unpaired) electrons. The average molecular weight is 488 g/mol. The quantitative estimate of drug-likeness (QED) is 0.392. The Morgan fingerprint density at radius 3 is 2.60 bits per heavy atom. The number of carbonyl (C=O) groups excluding carboxylic acids is 1. The highest BCUT2D eigenvalue weighted by molar-refractivity contribution is 5.76. The molecule has 2 aromatic rings. The van der Waals surface area contributed by atoms with Crippen LogP contribution in [0, 0.1) is 12.7 Å². The van der Waals surface area contributed by atoms with E-state index < -0.39 is 0 Å². The maximum Gasteiger partial charge on any atom is 0.222 e. The molecule has 2 heterocycles. The van der Waals surface area contributed by atoms with E-state index in [0.29, 0.717) is 31.8 Å². The minimum absolute atomic E-state index is 0.180. The van der Waals surface area contributed by atoms with Crippen LogP contribution < -0.4 is 4.90 Å². The number of nitrogens with zero attached hydrogens (tertiary/aromatic N) is 5. The van der Waals surface area contributed by atoms with E-state index in [4.69, 9.17) is 9.84 Å². The summed E-state index contributed by atoms with van der Waals surface area (Å²) in [5.41, 5.74) is 2.61. The molecule has 0 unspecified atom stereocenters. The molecule has 1 fully saturated rings. The number of carbonyl (C=O) groups is 1. The van der Waals surface area contributed by atoms with Gasteiger partial charge in [0.25, 0.3) is 0 Å². The number of methoxy groups -OCH3 is 1. The SMILES string of the molecule is CCCCCCC(=O)N(CCCOC)Cc1c(C)nn(-c2cccc(F)c2)c1N1CCN(C)CC1. The first kappa shape index (κ1) is 27.1. The highest BCUT2D eigenvalue weighted by Crippen LogP contribution is 2.30. The molecular formula is C27H42FN5O2. The number of hydrogen-bond acceptors (Lipinski definition) is 5.